The summed E-state index contributed by atoms with van der Waals surface area (Å²) in [6, 6.07) is 0. The number of fused-ring (bicyclic) bond motifs is 5. The Morgan fingerprint density at radius 1 is 1.05 bits per heavy atom. The Labute approximate surface area is 129 Å². The fourth-order valence-corrected chi connectivity index (χ4v) is 6.91. The van der Waals surface area contributed by atoms with Crippen LogP contribution in [-0.2, 0) is 4.79 Å². The first-order chi connectivity index (χ1) is 9.97. The Bertz CT molecular complexity index is 504. The molecule has 3 fully saturated rings. The van der Waals surface area contributed by atoms with Gasteiger partial charge >= 0.3 is 0 Å². The summed E-state index contributed by atoms with van der Waals surface area (Å²) in [5.41, 5.74) is 2.26. The van der Waals surface area contributed by atoms with Gasteiger partial charge in [-0.2, -0.15) is 0 Å². The van der Waals surface area contributed by atoms with Crippen molar-refractivity contribution in [2.75, 3.05) is 0 Å². The van der Waals surface area contributed by atoms with Gasteiger partial charge in [-0.3, -0.25) is 4.79 Å². The number of ketones is 1. The molecule has 1 nitrogen and oxygen atoms in total. The molecule has 0 aromatic carbocycles. The lowest BCUT2D eigenvalue weighted by Crippen LogP contribution is -2.50. The van der Waals surface area contributed by atoms with Gasteiger partial charge in [0, 0.05) is 11.8 Å². The lowest BCUT2D eigenvalue weighted by atomic mass is 9.47. The molecular formula is C20H30O. The second-order valence-corrected chi connectivity index (χ2v) is 8.90. The summed E-state index contributed by atoms with van der Waals surface area (Å²) in [6.45, 7) is 7.29. The summed E-state index contributed by atoms with van der Waals surface area (Å²) in [6.07, 6.45) is 12.5. The summed E-state index contributed by atoms with van der Waals surface area (Å²) in [5.74, 6) is 3.68. The van der Waals surface area contributed by atoms with E-state index in [2.05, 4.69) is 26.8 Å². The fourth-order valence-electron chi connectivity index (χ4n) is 6.91. The lowest BCUT2D eigenvalue weighted by molar-refractivity contribution is -0.131. The van der Waals surface area contributed by atoms with Crippen molar-refractivity contribution in [3.05, 3.63) is 11.6 Å². The molecule has 0 spiro atoms. The summed E-state index contributed by atoms with van der Waals surface area (Å²) >= 11 is 0. The zero-order valence-electron chi connectivity index (χ0n) is 14.0. The maximum atomic E-state index is 12.4. The van der Waals surface area contributed by atoms with Crippen molar-refractivity contribution in [1.82, 2.24) is 0 Å². The normalized spacial score (nSPS) is 52.7. The van der Waals surface area contributed by atoms with Gasteiger partial charge < -0.3 is 0 Å². The van der Waals surface area contributed by atoms with Crippen molar-refractivity contribution in [2.24, 2.45) is 34.5 Å². The molecule has 0 aromatic heterocycles. The SMILES string of the molecule is CC1CCC[C@@]2(C)C1=CC[C@@H]1[C@H]2CC[C@]2(C)C(=O)CC[C@@H]12. The van der Waals surface area contributed by atoms with Gasteiger partial charge in [-0.15, -0.1) is 0 Å². The molecule has 0 N–H and O–H groups in total. The molecule has 4 rings (SSSR count). The van der Waals surface area contributed by atoms with Crippen LogP contribution in [-0.4, -0.2) is 5.78 Å². The molecule has 0 aliphatic heterocycles. The summed E-state index contributed by atoms with van der Waals surface area (Å²) in [4.78, 5) is 12.4. The highest BCUT2D eigenvalue weighted by molar-refractivity contribution is 5.87. The Morgan fingerprint density at radius 3 is 2.62 bits per heavy atom. The molecule has 4 aliphatic carbocycles. The van der Waals surface area contributed by atoms with Gasteiger partial charge in [0.15, 0.2) is 0 Å². The molecule has 0 radical (unpaired) electrons. The largest absolute Gasteiger partial charge is 0.299 e. The molecule has 116 valence electrons. The number of hydrogen-bond donors (Lipinski definition) is 0. The molecule has 0 heterocycles. The number of hydrogen-bond acceptors (Lipinski definition) is 1. The topological polar surface area (TPSA) is 17.1 Å². The van der Waals surface area contributed by atoms with E-state index in [1.54, 1.807) is 5.57 Å². The van der Waals surface area contributed by atoms with Crippen LogP contribution in [0.15, 0.2) is 11.6 Å². The van der Waals surface area contributed by atoms with Crippen LogP contribution in [0, 0.1) is 34.5 Å². The van der Waals surface area contributed by atoms with Crippen molar-refractivity contribution >= 4 is 5.78 Å². The van der Waals surface area contributed by atoms with Crippen LogP contribution in [0.25, 0.3) is 0 Å². The van der Waals surface area contributed by atoms with Gasteiger partial charge in [-0.25, -0.2) is 0 Å². The Balaban J connectivity index is 1.72. The van der Waals surface area contributed by atoms with E-state index in [-0.39, 0.29) is 5.41 Å². The Morgan fingerprint density at radius 2 is 1.81 bits per heavy atom. The van der Waals surface area contributed by atoms with E-state index in [4.69, 9.17) is 0 Å². The first-order valence-corrected chi connectivity index (χ1v) is 9.20. The summed E-state index contributed by atoms with van der Waals surface area (Å²) in [5, 5.41) is 0. The molecule has 4 aliphatic rings. The van der Waals surface area contributed by atoms with Crippen LogP contribution in [0.2, 0.25) is 0 Å². The van der Waals surface area contributed by atoms with Gasteiger partial charge in [0.1, 0.15) is 5.78 Å². The van der Waals surface area contributed by atoms with Crippen molar-refractivity contribution in [2.45, 2.75) is 72.1 Å². The first kappa shape index (κ1) is 14.0. The molecule has 0 bridgehead atoms. The molecule has 1 unspecified atom stereocenters. The molecule has 0 aromatic rings. The van der Waals surface area contributed by atoms with E-state index in [9.17, 15) is 4.79 Å². The highest BCUT2D eigenvalue weighted by Gasteiger charge is 2.58. The average molecular weight is 286 g/mol. The maximum absolute atomic E-state index is 12.4. The molecule has 0 amide bonds. The van der Waals surface area contributed by atoms with Crippen molar-refractivity contribution in [3.8, 4) is 0 Å². The molecular weight excluding hydrogens is 256 g/mol. The number of allylic oxidation sites excluding steroid dienone is 2. The zero-order valence-corrected chi connectivity index (χ0v) is 14.0. The van der Waals surface area contributed by atoms with E-state index in [1.807, 2.05) is 0 Å². The van der Waals surface area contributed by atoms with Crippen LogP contribution in [0.4, 0.5) is 0 Å². The van der Waals surface area contributed by atoms with Gasteiger partial charge in [0.25, 0.3) is 0 Å². The molecule has 21 heavy (non-hydrogen) atoms. The Kier molecular flexibility index (Phi) is 2.98. The average Bonchev–Trinajstić information content (AvgIpc) is 2.75. The van der Waals surface area contributed by atoms with Crippen LogP contribution >= 0.6 is 0 Å². The minimum atomic E-state index is 0.0309. The highest BCUT2D eigenvalue weighted by Crippen LogP contribution is 2.64. The van der Waals surface area contributed by atoms with Crippen molar-refractivity contribution in [1.29, 1.82) is 0 Å². The minimum absolute atomic E-state index is 0.0309. The van der Waals surface area contributed by atoms with Gasteiger partial charge in [0.05, 0.1) is 0 Å². The van der Waals surface area contributed by atoms with E-state index < -0.39 is 0 Å². The van der Waals surface area contributed by atoms with Gasteiger partial charge in [-0.05, 0) is 67.6 Å². The lowest BCUT2D eigenvalue weighted by Gasteiger charge is -2.57. The third-order valence-corrected chi connectivity index (χ3v) is 8.10. The van der Waals surface area contributed by atoms with Gasteiger partial charge in [0.2, 0.25) is 0 Å². The van der Waals surface area contributed by atoms with E-state index in [0.717, 1.165) is 30.6 Å². The second kappa shape index (κ2) is 4.46. The maximum Gasteiger partial charge on any atom is 0.139 e. The second-order valence-electron chi connectivity index (χ2n) is 8.90. The first-order valence-electron chi connectivity index (χ1n) is 9.20. The number of carbonyl (C=O) groups excluding carboxylic acids is 1. The quantitative estimate of drug-likeness (QED) is 0.562. The van der Waals surface area contributed by atoms with Crippen LogP contribution in [0.3, 0.4) is 0 Å². The summed E-state index contributed by atoms with van der Waals surface area (Å²) in [7, 11) is 0. The smallest absolute Gasteiger partial charge is 0.139 e. The van der Waals surface area contributed by atoms with Crippen LogP contribution in [0.1, 0.15) is 72.1 Å². The monoisotopic (exact) mass is 286 g/mol. The van der Waals surface area contributed by atoms with E-state index in [0.29, 0.717) is 17.1 Å². The minimum Gasteiger partial charge on any atom is -0.299 e. The van der Waals surface area contributed by atoms with E-state index in [1.165, 1.54) is 38.5 Å². The fraction of sp³-hybridized carbons (Fsp3) is 0.850. The summed E-state index contributed by atoms with van der Waals surface area (Å²) < 4.78 is 0. The van der Waals surface area contributed by atoms with Crippen LogP contribution in [0.5, 0.6) is 0 Å². The van der Waals surface area contributed by atoms with Crippen molar-refractivity contribution in [3.63, 3.8) is 0 Å². The third kappa shape index (κ3) is 1.72. The van der Waals surface area contributed by atoms with Crippen molar-refractivity contribution < 1.29 is 4.79 Å². The number of carbonyl (C=O) groups is 1. The Hall–Kier alpha value is -0.590. The zero-order chi connectivity index (χ0) is 14.8. The predicted octanol–water partition coefficient (Wildman–Crippen LogP) is 5.15. The predicted molar refractivity (Wildman–Crippen MR) is 85.9 cm³/mol. The molecule has 1 heteroatoms. The molecule has 6 atom stereocenters. The molecule has 3 saturated carbocycles. The number of Topliss-reactive ketones (excluding diaryl/α,β-unsaturated/α-hetero) is 1. The highest BCUT2D eigenvalue weighted by atomic mass is 16.1. The van der Waals surface area contributed by atoms with Crippen LogP contribution < -0.4 is 0 Å². The third-order valence-electron chi connectivity index (χ3n) is 8.10. The van der Waals surface area contributed by atoms with Gasteiger partial charge in [-0.1, -0.05) is 38.8 Å². The van der Waals surface area contributed by atoms with E-state index >= 15 is 0 Å². The molecule has 0 saturated heterocycles. The standard InChI is InChI=1S/C20H30O/c1-13-5-4-11-19(2)15(13)7-6-14-16-8-9-18(21)20(16,3)12-10-17(14)19/h7,13-14,16-17H,4-6,8-12H2,1-3H3/t13?,14-,16-,17+,19-,20-/m0/s1. The number of rotatable bonds is 0.